The van der Waals surface area contributed by atoms with Crippen LogP contribution in [-0.4, -0.2) is 27.6 Å². The molecule has 5 heteroatoms. The van der Waals surface area contributed by atoms with Gasteiger partial charge in [0, 0.05) is 0 Å². The monoisotopic (exact) mass is 177 g/mol. The fourth-order valence-corrected chi connectivity index (χ4v) is 0.696. The van der Waals surface area contributed by atoms with Crippen LogP contribution in [0.5, 0.6) is 0 Å². The van der Waals surface area contributed by atoms with E-state index in [0.29, 0.717) is 5.82 Å². The van der Waals surface area contributed by atoms with Crippen molar-refractivity contribution in [2.45, 2.75) is 0 Å². The molecular formula is C8H7N3O2. The summed E-state index contributed by atoms with van der Waals surface area (Å²) in [6.07, 6.45) is 7.57. The van der Waals surface area contributed by atoms with Gasteiger partial charge in [-0.1, -0.05) is 5.92 Å². The molecule has 0 aliphatic carbocycles. The molecule has 1 heterocycles. The minimum absolute atomic E-state index is 0.109. The van der Waals surface area contributed by atoms with E-state index in [1.807, 2.05) is 0 Å². The summed E-state index contributed by atoms with van der Waals surface area (Å²) in [4.78, 5) is 17.9. The molecule has 2 N–H and O–H groups in total. The Morgan fingerprint density at radius 2 is 2.46 bits per heavy atom. The second-order valence-electron chi connectivity index (χ2n) is 2.15. The largest absolute Gasteiger partial charge is 0.476 e. The maximum Gasteiger partial charge on any atom is 0.356 e. The van der Waals surface area contributed by atoms with Gasteiger partial charge in [0.05, 0.1) is 18.9 Å². The highest BCUT2D eigenvalue weighted by atomic mass is 16.4. The number of carbonyl (C=O) groups is 1. The molecule has 0 aliphatic heterocycles. The van der Waals surface area contributed by atoms with Crippen LogP contribution in [0.15, 0.2) is 12.4 Å². The number of rotatable bonds is 3. The van der Waals surface area contributed by atoms with Gasteiger partial charge < -0.3 is 10.4 Å². The highest BCUT2D eigenvalue weighted by Crippen LogP contribution is 2.00. The van der Waals surface area contributed by atoms with E-state index in [-0.39, 0.29) is 12.2 Å². The highest BCUT2D eigenvalue weighted by molar-refractivity contribution is 5.85. The second kappa shape index (κ2) is 4.07. The van der Waals surface area contributed by atoms with Crippen LogP contribution in [0.2, 0.25) is 0 Å². The first kappa shape index (κ1) is 9.00. The van der Waals surface area contributed by atoms with Gasteiger partial charge in [-0.25, -0.2) is 9.78 Å². The van der Waals surface area contributed by atoms with Crippen molar-refractivity contribution in [2.75, 3.05) is 11.9 Å². The summed E-state index contributed by atoms with van der Waals surface area (Å²) >= 11 is 0. The first-order valence-corrected chi connectivity index (χ1v) is 3.46. The van der Waals surface area contributed by atoms with E-state index in [0.717, 1.165) is 0 Å². The minimum Gasteiger partial charge on any atom is -0.476 e. The van der Waals surface area contributed by atoms with Crippen molar-refractivity contribution in [1.82, 2.24) is 9.97 Å². The predicted molar refractivity (Wildman–Crippen MR) is 46.3 cm³/mol. The maximum absolute atomic E-state index is 10.5. The molecule has 5 nitrogen and oxygen atoms in total. The van der Waals surface area contributed by atoms with Gasteiger partial charge in [-0.2, -0.15) is 0 Å². The highest BCUT2D eigenvalue weighted by Gasteiger charge is 2.04. The normalized spacial score (nSPS) is 8.85. The quantitative estimate of drug-likeness (QED) is 0.646. The Balaban J connectivity index is 2.80. The predicted octanol–water partition coefficient (Wildman–Crippen LogP) is 0.220. The Hall–Kier alpha value is -2.09. The Labute approximate surface area is 74.8 Å². The van der Waals surface area contributed by atoms with E-state index in [2.05, 4.69) is 21.2 Å². The summed E-state index contributed by atoms with van der Waals surface area (Å²) < 4.78 is 0. The van der Waals surface area contributed by atoms with Crippen molar-refractivity contribution in [3.63, 3.8) is 0 Å². The van der Waals surface area contributed by atoms with Crippen molar-refractivity contribution in [2.24, 2.45) is 0 Å². The molecule has 0 saturated carbocycles. The zero-order chi connectivity index (χ0) is 9.68. The van der Waals surface area contributed by atoms with Crippen LogP contribution in [0.25, 0.3) is 0 Å². The first-order valence-electron chi connectivity index (χ1n) is 3.46. The van der Waals surface area contributed by atoms with Gasteiger partial charge in [-0.05, 0) is 0 Å². The van der Waals surface area contributed by atoms with E-state index in [1.54, 1.807) is 0 Å². The summed E-state index contributed by atoms with van der Waals surface area (Å²) in [5.74, 6) is 1.58. The lowest BCUT2D eigenvalue weighted by Crippen LogP contribution is -2.06. The molecule has 0 atom stereocenters. The Kier molecular flexibility index (Phi) is 2.82. The standard InChI is InChI=1S/C8H7N3O2/c1-2-3-10-7-5-9-4-6(11-7)8(12)13/h1,4-5H,3H2,(H,10,11)(H,12,13). The van der Waals surface area contributed by atoms with Crippen LogP contribution in [0.1, 0.15) is 10.5 Å². The molecule has 0 saturated heterocycles. The number of aromatic carboxylic acids is 1. The third-order valence-corrected chi connectivity index (χ3v) is 1.23. The zero-order valence-corrected chi connectivity index (χ0v) is 6.69. The molecule has 0 bridgehead atoms. The van der Waals surface area contributed by atoms with Crippen LogP contribution in [0, 0.1) is 12.3 Å². The fraction of sp³-hybridized carbons (Fsp3) is 0.125. The van der Waals surface area contributed by atoms with Crippen molar-refractivity contribution in [3.8, 4) is 12.3 Å². The molecule has 1 aromatic heterocycles. The smallest absolute Gasteiger partial charge is 0.356 e. The molecule has 0 spiro atoms. The summed E-state index contributed by atoms with van der Waals surface area (Å²) in [5, 5.41) is 11.3. The molecule has 0 amide bonds. The number of terminal acetylenes is 1. The van der Waals surface area contributed by atoms with Gasteiger partial charge in [-0.3, -0.25) is 4.98 Å². The molecule has 0 aromatic carbocycles. The minimum atomic E-state index is -1.11. The number of aromatic nitrogens is 2. The van der Waals surface area contributed by atoms with E-state index >= 15 is 0 Å². The first-order chi connectivity index (χ1) is 6.24. The lowest BCUT2D eigenvalue weighted by molar-refractivity contribution is 0.0690. The molecule has 0 aliphatic rings. The van der Waals surface area contributed by atoms with E-state index in [9.17, 15) is 4.79 Å². The van der Waals surface area contributed by atoms with Gasteiger partial charge in [0.1, 0.15) is 5.82 Å². The molecule has 1 aromatic rings. The molecule has 0 radical (unpaired) electrons. The summed E-state index contributed by atoms with van der Waals surface area (Å²) in [6.45, 7) is 0.289. The van der Waals surface area contributed by atoms with Gasteiger partial charge in [-0.15, -0.1) is 6.42 Å². The van der Waals surface area contributed by atoms with Crippen LogP contribution in [-0.2, 0) is 0 Å². The van der Waals surface area contributed by atoms with Crippen LogP contribution in [0.4, 0.5) is 5.82 Å². The molecule has 66 valence electrons. The topological polar surface area (TPSA) is 75.1 Å². The average Bonchev–Trinajstić information content (AvgIpc) is 2.15. The van der Waals surface area contributed by atoms with Gasteiger partial charge >= 0.3 is 5.97 Å². The van der Waals surface area contributed by atoms with Crippen molar-refractivity contribution >= 4 is 11.8 Å². The summed E-state index contributed by atoms with van der Waals surface area (Å²) in [6, 6.07) is 0. The molecule has 0 fully saturated rings. The molecule has 0 unspecified atom stereocenters. The van der Waals surface area contributed by atoms with Crippen molar-refractivity contribution in [3.05, 3.63) is 18.1 Å². The van der Waals surface area contributed by atoms with Crippen LogP contribution in [0.3, 0.4) is 0 Å². The zero-order valence-electron chi connectivity index (χ0n) is 6.69. The summed E-state index contributed by atoms with van der Waals surface area (Å²) in [5.41, 5.74) is -0.109. The Morgan fingerprint density at radius 3 is 3.08 bits per heavy atom. The van der Waals surface area contributed by atoms with E-state index < -0.39 is 5.97 Å². The number of hydrogen-bond acceptors (Lipinski definition) is 4. The summed E-state index contributed by atoms with van der Waals surface area (Å²) in [7, 11) is 0. The van der Waals surface area contributed by atoms with Crippen molar-refractivity contribution < 1.29 is 9.90 Å². The lowest BCUT2D eigenvalue weighted by Gasteiger charge is -2.00. The fourth-order valence-electron chi connectivity index (χ4n) is 0.696. The second-order valence-corrected chi connectivity index (χ2v) is 2.15. The lowest BCUT2D eigenvalue weighted by atomic mass is 10.4. The van der Waals surface area contributed by atoms with Crippen LogP contribution >= 0.6 is 0 Å². The Bertz CT molecular complexity index is 357. The van der Waals surface area contributed by atoms with E-state index in [1.165, 1.54) is 12.4 Å². The Morgan fingerprint density at radius 1 is 1.69 bits per heavy atom. The number of carboxylic acids is 1. The third-order valence-electron chi connectivity index (χ3n) is 1.23. The van der Waals surface area contributed by atoms with Gasteiger partial charge in [0.25, 0.3) is 0 Å². The number of anilines is 1. The van der Waals surface area contributed by atoms with Gasteiger partial charge in [0.15, 0.2) is 5.69 Å². The van der Waals surface area contributed by atoms with Crippen molar-refractivity contribution in [1.29, 1.82) is 0 Å². The average molecular weight is 177 g/mol. The molecule has 13 heavy (non-hydrogen) atoms. The molecular weight excluding hydrogens is 170 g/mol. The van der Waals surface area contributed by atoms with E-state index in [4.69, 9.17) is 11.5 Å². The number of hydrogen-bond donors (Lipinski definition) is 2. The molecule has 1 rings (SSSR count). The third kappa shape index (κ3) is 2.45. The van der Waals surface area contributed by atoms with Crippen LogP contribution < -0.4 is 5.32 Å². The number of nitrogens with one attached hydrogen (secondary N) is 1. The van der Waals surface area contributed by atoms with Gasteiger partial charge in [0.2, 0.25) is 0 Å². The SMILES string of the molecule is C#CCNc1cncc(C(=O)O)n1. The maximum atomic E-state index is 10.5. The number of nitrogens with zero attached hydrogens (tertiary/aromatic N) is 2. The number of carboxylic acid groups (broad SMARTS) is 1.